The van der Waals surface area contributed by atoms with Gasteiger partial charge in [-0.25, -0.2) is 10.8 Å². The van der Waals surface area contributed by atoms with Crippen molar-refractivity contribution in [3.63, 3.8) is 0 Å². The number of ether oxygens (including phenoxy) is 1. The van der Waals surface area contributed by atoms with Gasteiger partial charge in [-0.2, -0.15) is 10.2 Å². The number of para-hydroxylation sites is 1. The molecule has 1 heterocycles. The van der Waals surface area contributed by atoms with Crippen LogP contribution < -0.4 is 21.3 Å². The smallest absolute Gasteiger partial charge is 0.239 e. The lowest BCUT2D eigenvalue weighted by molar-refractivity contribution is 0.416. The molecule has 0 atom stereocenters. The topological polar surface area (TPSA) is 109 Å². The molecule has 0 saturated carbocycles. The SMILES string of the molecule is COc1cccc(C#N)c1Nc1nc(NN)ncc1Br. The molecule has 0 spiro atoms. The highest BCUT2D eigenvalue weighted by atomic mass is 79.9. The molecule has 0 bridgehead atoms. The third kappa shape index (κ3) is 2.79. The van der Waals surface area contributed by atoms with Crippen molar-refractivity contribution in [3.8, 4) is 11.8 Å². The van der Waals surface area contributed by atoms with E-state index in [4.69, 9.17) is 15.8 Å². The number of aromatic nitrogens is 2. The van der Waals surface area contributed by atoms with E-state index in [1.54, 1.807) is 24.4 Å². The quantitative estimate of drug-likeness (QED) is 0.580. The van der Waals surface area contributed by atoms with Crippen LogP contribution in [0, 0.1) is 11.3 Å². The second kappa shape index (κ2) is 6.18. The molecule has 4 N–H and O–H groups in total. The number of anilines is 3. The number of nitrogens with two attached hydrogens (primary N) is 1. The standard InChI is InChI=1S/C12H11BrN6O/c1-20-9-4-2-3-7(5-14)10(9)17-11-8(13)6-16-12(18-11)19-15/h2-4,6H,15H2,1H3,(H2,16,17,18,19). The van der Waals surface area contributed by atoms with E-state index in [0.29, 0.717) is 27.3 Å². The predicted octanol–water partition coefficient (Wildman–Crippen LogP) is 2.15. The number of hydrogen-bond donors (Lipinski definition) is 3. The molecule has 7 nitrogen and oxygen atoms in total. The number of hydrogen-bond acceptors (Lipinski definition) is 7. The maximum absolute atomic E-state index is 9.16. The van der Waals surface area contributed by atoms with Crippen molar-refractivity contribution < 1.29 is 4.74 Å². The minimum atomic E-state index is 0.254. The Hall–Kier alpha value is -2.37. The van der Waals surface area contributed by atoms with Crippen LogP contribution >= 0.6 is 15.9 Å². The van der Waals surface area contributed by atoms with E-state index in [0.717, 1.165) is 0 Å². The van der Waals surface area contributed by atoms with Crippen LogP contribution in [0.4, 0.5) is 17.5 Å². The number of nitrogens with zero attached hydrogens (tertiary/aromatic N) is 3. The fourth-order valence-electron chi connectivity index (χ4n) is 1.57. The third-order valence-corrected chi connectivity index (χ3v) is 3.06. The Morgan fingerprint density at radius 3 is 2.90 bits per heavy atom. The molecule has 0 aliphatic heterocycles. The van der Waals surface area contributed by atoms with Crippen LogP contribution in [0.15, 0.2) is 28.9 Å². The zero-order valence-corrected chi connectivity index (χ0v) is 12.1. The van der Waals surface area contributed by atoms with Gasteiger partial charge in [0.1, 0.15) is 17.5 Å². The highest BCUT2D eigenvalue weighted by Gasteiger charge is 2.12. The summed E-state index contributed by atoms with van der Waals surface area (Å²) in [7, 11) is 1.53. The summed E-state index contributed by atoms with van der Waals surface area (Å²) in [6, 6.07) is 7.27. The molecule has 0 unspecified atom stereocenters. The Kier molecular flexibility index (Phi) is 4.34. The fraction of sp³-hybridized carbons (Fsp3) is 0.0833. The first-order valence-electron chi connectivity index (χ1n) is 5.53. The largest absolute Gasteiger partial charge is 0.495 e. The van der Waals surface area contributed by atoms with E-state index in [9.17, 15) is 0 Å². The number of hydrazine groups is 1. The molecule has 8 heteroatoms. The van der Waals surface area contributed by atoms with Gasteiger partial charge in [-0.15, -0.1) is 0 Å². The van der Waals surface area contributed by atoms with Crippen molar-refractivity contribution in [1.29, 1.82) is 5.26 Å². The summed E-state index contributed by atoms with van der Waals surface area (Å²) in [5, 5.41) is 12.2. The lowest BCUT2D eigenvalue weighted by Gasteiger charge is -2.13. The summed E-state index contributed by atoms with van der Waals surface area (Å²) in [5.41, 5.74) is 3.33. The number of nitriles is 1. The molecule has 2 rings (SSSR count). The van der Waals surface area contributed by atoms with Gasteiger partial charge in [0.2, 0.25) is 5.95 Å². The van der Waals surface area contributed by atoms with Gasteiger partial charge in [-0.05, 0) is 28.1 Å². The lowest BCUT2D eigenvalue weighted by Crippen LogP contribution is -2.11. The number of methoxy groups -OCH3 is 1. The minimum Gasteiger partial charge on any atom is -0.495 e. The molecule has 0 fully saturated rings. The van der Waals surface area contributed by atoms with Gasteiger partial charge in [0, 0.05) is 6.20 Å². The van der Waals surface area contributed by atoms with Gasteiger partial charge in [0.25, 0.3) is 0 Å². The number of benzene rings is 1. The molecule has 0 aliphatic rings. The molecule has 102 valence electrons. The molecular weight excluding hydrogens is 324 g/mol. The zero-order chi connectivity index (χ0) is 14.5. The van der Waals surface area contributed by atoms with E-state index in [1.165, 1.54) is 7.11 Å². The van der Waals surface area contributed by atoms with Gasteiger partial charge in [0.05, 0.1) is 17.1 Å². The zero-order valence-electron chi connectivity index (χ0n) is 10.5. The van der Waals surface area contributed by atoms with Crippen molar-refractivity contribution in [2.75, 3.05) is 17.9 Å². The molecule has 0 aliphatic carbocycles. The summed E-state index contributed by atoms with van der Waals surface area (Å²) < 4.78 is 5.87. The van der Waals surface area contributed by atoms with Gasteiger partial charge in [0.15, 0.2) is 5.82 Å². The second-order valence-electron chi connectivity index (χ2n) is 3.65. The number of rotatable bonds is 4. The van der Waals surface area contributed by atoms with Gasteiger partial charge in [-0.1, -0.05) is 6.07 Å². The van der Waals surface area contributed by atoms with Crippen LogP contribution in [0.2, 0.25) is 0 Å². The highest BCUT2D eigenvalue weighted by molar-refractivity contribution is 9.10. The van der Waals surface area contributed by atoms with Crippen molar-refractivity contribution in [2.45, 2.75) is 0 Å². The first-order valence-corrected chi connectivity index (χ1v) is 6.32. The van der Waals surface area contributed by atoms with Crippen LogP contribution in [0.1, 0.15) is 5.56 Å². The number of halogens is 1. The van der Waals surface area contributed by atoms with E-state index >= 15 is 0 Å². The fourth-order valence-corrected chi connectivity index (χ4v) is 1.86. The van der Waals surface area contributed by atoms with E-state index in [-0.39, 0.29) is 5.95 Å². The first kappa shape index (κ1) is 14.0. The second-order valence-corrected chi connectivity index (χ2v) is 4.51. The normalized spacial score (nSPS) is 9.70. The van der Waals surface area contributed by atoms with Crippen LogP contribution in [0.5, 0.6) is 5.75 Å². The minimum absolute atomic E-state index is 0.254. The Morgan fingerprint density at radius 2 is 2.25 bits per heavy atom. The van der Waals surface area contributed by atoms with E-state index in [2.05, 4.69) is 42.7 Å². The molecule has 1 aromatic carbocycles. The van der Waals surface area contributed by atoms with Crippen LogP contribution in [-0.2, 0) is 0 Å². The predicted molar refractivity (Wildman–Crippen MR) is 78.5 cm³/mol. The van der Waals surface area contributed by atoms with Gasteiger partial charge < -0.3 is 10.1 Å². The van der Waals surface area contributed by atoms with Crippen LogP contribution in [0.25, 0.3) is 0 Å². The Balaban J connectivity index is 2.47. The summed E-state index contributed by atoms with van der Waals surface area (Å²) >= 11 is 3.33. The Bertz CT molecular complexity index is 669. The molecule has 20 heavy (non-hydrogen) atoms. The van der Waals surface area contributed by atoms with Crippen molar-refractivity contribution in [2.24, 2.45) is 5.84 Å². The van der Waals surface area contributed by atoms with Gasteiger partial charge >= 0.3 is 0 Å². The molecule has 0 amide bonds. The number of nitrogen functional groups attached to an aromatic ring is 1. The summed E-state index contributed by atoms with van der Waals surface area (Å²) in [5.74, 6) is 6.54. The third-order valence-electron chi connectivity index (χ3n) is 2.48. The summed E-state index contributed by atoms with van der Waals surface area (Å²) in [6.07, 6.45) is 1.55. The average molecular weight is 335 g/mol. The van der Waals surface area contributed by atoms with Gasteiger partial charge in [-0.3, -0.25) is 5.43 Å². The van der Waals surface area contributed by atoms with Crippen molar-refractivity contribution in [3.05, 3.63) is 34.4 Å². The van der Waals surface area contributed by atoms with Crippen LogP contribution in [0.3, 0.4) is 0 Å². The van der Waals surface area contributed by atoms with E-state index < -0.39 is 0 Å². The maximum atomic E-state index is 9.16. The maximum Gasteiger partial charge on any atom is 0.239 e. The molecular formula is C12H11BrN6O. The highest BCUT2D eigenvalue weighted by Crippen LogP contribution is 2.32. The first-order chi connectivity index (χ1) is 9.69. The summed E-state index contributed by atoms with van der Waals surface area (Å²) in [4.78, 5) is 8.12. The monoisotopic (exact) mass is 334 g/mol. The van der Waals surface area contributed by atoms with Crippen LogP contribution in [-0.4, -0.2) is 17.1 Å². The molecule has 0 radical (unpaired) electrons. The Labute approximate surface area is 123 Å². The molecule has 1 aromatic heterocycles. The molecule has 2 aromatic rings. The van der Waals surface area contributed by atoms with Crippen molar-refractivity contribution in [1.82, 2.24) is 9.97 Å². The number of nitrogens with one attached hydrogen (secondary N) is 2. The lowest BCUT2D eigenvalue weighted by atomic mass is 10.2. The van der Waals surface area contributed by atoms with E-state index in [1.807, 2.05) is 0 Å². The van der Waals surface area contributed by atoms with Crippen molar-refractivity contribution >= 4 is 33.4 Å². The average Bonchev–Trinajstić information content (AvgIpc) is 2.49. The molecule has 0 saturated heterocycles. The summed E-state index contributed by atoms with van der Waals surface area (Å²) in [6.45, 7) is 0. The Morgan fingerprint density at radius 1 is 1.45 bits per heavy atom.